The Kier molecular flexibility index (Phi) is 5.05. The quantitative estimate of drug-likeness (QED) is 0.886. The van der Waals surface area contributed by atoms with Gasteiger partial charge in [0.15, 0.2) is 0 Å². The van der Waals surface area contributed by atoms with Gasteiger partial charge in [0.2, 0.25) is 0 Å². The third kappa shape index (κ3) is 4.21. The van der Waals surface area contributed by atoms with Crippen molar-refractivity contribution in [2.24, 2.45) is 5.73 Å². The highest BCUT2D eigenvalue weighted by molar-refractivity contribution is 5.27. The van der Waals surface area contributed by atoms with Crippen LogP contribution in [0.5, 0.6) is 0 Å². The molecule has 1 aliphatic heterocycles. The molecule has 2 N–H and O–H groups in total. The highest BCUT2D eigenvalue weighted by Gasteiger charge is 2.30. The summed E-state index contributed by atoms with van der Waals surface area (Å²) in [6.07, 6.45) is 0.677. The molecule has 1 saturated heterocycles. The standard InChI is InChI=1S/C15H20F3NO/c16-15(17,18)12-5-1-4-11(10-12)14(19)8-2-6-13-7-3-9-20-13/h1,4-5,10,13-14H,2-3,6-9,19H2. The van der Waals surface area contributed by atoms with E-state index in [0.29, 0.717) is 18.1 Å². The number of alkyl halides is 3. The summed E-state index contributed by atoms with van der Waals surface area (Å²) in [5.74, 6) is 0. The Balaban J connectivity index is 1.86. The normalized spacial score (nSPS) is 21.1. The van der Waals surface area contributed by atoms with E-state index >= 15 is 0 Å². The van der Waals surface area contributed by atoms with Gasteiger partial charge in [0.25, 0.3) is 0 Å². The molecule has 0 bridgehead atoms. The summed E-state index contributed by atoms with van der Waals surface area (Å²) in [6.45, 7) is 0.824. The average molecular weight is 287 g/mol. The first-order valence-electron chi connectivity index (χ1n) is 7.01. The topological polar surface area (TPSA) is 35.2 Å². The summed E-state index contributed by atoms with van der Waals surface area (Å²) in [4.78, 5) is 0. The maximum atomic E-state index is 12.6. The van der Waals surface area contributed by atoms with E-state index in [1.54, 1.807) is 6.07 Å². The minimum Gasteiger partial charge on any atom is -0.378 e. The molecule has 1 fully saturated rings. The van der Waals surface area contributed by atoms with E-state index in [2.05, 4.69) is 0 Å². The molecular formula is C15H20F3NO. The Morgan fingerprint density at radius 2 is 2.15 bits per heavy atom. The number of hydrogen-bond donors (Lipinski definition) is 1. The lowest BCUT2D eigenvalue weighted by atomic mass is 9.98. The number of halogens is 3. The summed E-state index contributed by atoms with van der Waals surface area (Å²) in [7, 11) is 0. The van der Waals surface area contributed by atoms with Gasteiger partial charge in [-0.15, -0.1) is 0 Å². The van der Waals surface area contributed by atoms with Crippen molar-refractivity contribution < 1.29 is 17.9 Å². The maximum absolute atomic E-state index is 12.6. The van der Waals surface area contributed by atoms with Gasteiger partial charge in [-0.05, 0) is 49.8 Å². The Labute approximate surface area is 117 Å². The van der Waals surface area contributed by atoms with Crippen molar-refractivity contribution in [3.63, 3.8) is 0 Å². The molecule has 2 rings (SSSR count). The van der Waals surface area contributed by atoms with Gasteiger partial charge in [0.1, 0.15) is 0 Å². The second kappa shape index (κ2) is 6.59. The van der Waals surface area contributed by atoms with Crippen LogP contribution in [0.1, 0.15) is 49.3 Å². The molecule has 0 saturated carbocycles. The lowest BCUT2D eigenvalue weighted by molar-refractivity contribution is -0.137. The van der Waals surface area contributed by atoms with Gasteiger partial charge in [-0.3, -0.25) is 0 Å². The van der Waals surface area contributed by atoms with Crippen molar-refractivity contribution in [2.75, 3.05) is 6.61 Å². The average Bonchev–Trinajstić information content (AvgIpc) is 2.91. The van der Waals surface area contributed by atoms with E-state index in [1.807, 2.05) is 0 Å². The van der Waals surface area contributed by atoms with Gasteiger partial charge in [-0.25, -0.2) is 0 Å². The monoisotopic (exact) mass is 287 g/mol. The molecule has 1 aliphatic rings. The first-order chi connectivity index (χ1) is 9.47. The Hall–Kier alpha value is -1.07. The molecule has 0 aromatic heterocycles. The van der Waals surface area contributed by atoms with Crippen molar-refractivity contribution >= 4 is 0 Å². The molecule has 0 spiro atoms. The molecule has 2 atom stereocenters. The van der Waals surface area contributed by atoms with Gasteiger partial charge in [-0.1, -0.05) is 12.1 Å². The van der Waals surface area contributed by atoms with E-state index in [4.69, 9.17) is 10.5 Å². The summed E-state index contributed by atoms with van der Waals surface area (Å²) in [5.41, 5.74) is 5.90. The largest absolute Gasteiger partial charge is 0.416 e. The smallest absolute Gasteiger partial charge is 0.378 e. The second-order valence-corrected chi connectivity index (χ2v) is 5.30. The molecule has 0 amide bonds. The van der Waals surface area contributed by atoms with Crippen LogP contribution in [0, 0.1) is 0 Å². The van der Waals surface area contributed by atoms with Gasteiger partial charge in [0.05, 0.1) is 11.7 Å². The SMILES string of the molecule is NC(CCCC1CCCO1)c1cccc(C(F)(F)F)c1. The summed E-state index contributed by atoms with van der Waals surface area (Å²) >= 11 is 0. The highest BCUT2D eigenvalue weighted by atomic mass is 19.4. The Bertz CT molecular complexity index is 427. The fourth-order valence-corrected chi connectivity index (χ4v) is 2.55. The molecule has 2 unspecified atom stereocenters. The highest BCUT2D eigenvalue weighted by Crippen LogP contribution is 2.31. The summed E-state index contributed by atoms with van der Waals surface area (Å²) in [5, 5.41) is 0. The first-order valence-corrected chi connectivity index (χ1v) is 7.01. The number of hydrogen-bond acceptors (Lipinski definition) is 2. The Morgan fingerprint density at radius 1 is 1.35 bits per heavy atom. The van der Waals surface area contributed by atoms with E-state index in [1.165, 1.54) is 6.07 Å². The maximum Gasteiger partial charge on any atom is 0.416 e. The molecule has 5 heteroatoms. The molecular weight excluding hydrogens is 267 g/mol. The molecule has 1 aromatic carbocycles. The summed E-state index contributed by atoms with van der Waals surface area (Å²) < 4.78 is 43.4. The molecule has 0 radical (unpaired) electrons. The predicted molar refractivity (Wildman–Crippen MR) is 71.2 cm³/mol. The lowest BCUT2D eigenvalue weighted by Gasteiger charge is -2.15. The van der Waals surface area contributed by atoms with Crippen LogP contribution in [0.4, 0.5) is 13.2 Å². The Morgan fingerprint density at radius 3 is 2.80 bits per heavy atom. The van der Waals surface area contributed by atoms with Gasteiger partial charge >= 0.3 is 6.18 Å². The predicted octanol–water partition coefficient (Wildman–Crippen LogP) is 4.05. The van der Waals surface area contributed by atoms with Crippen molar-refractivity contribution in [1.82, 2.24) is 0 Å². The van der Waals surface area contributed by atoms with Crippen LogP contribution in [-0.4, -0.2) is 12.7 Å². The number of rotatable bonds is 5. The van der Waals surface area contributed by atoms with E-state index < -0.39 is 11.7 Å². The molecule has 1 aromatic rings. The zero-order valence-corrected chi connectivity index (χ0v) is 11.3. The minimum atomic E-state index is -4.31. The fourth-order valence-electron chi connectivity index (χ4n) is 2.55. The fraction of sp³-hybridized carbons (Fsp3) is 0.600. The van der Waals surface area contributed by atoms with Gasteiger partial charge in [0, 0.05) is 12.6 Å². The van der Waals surface area contributed by atoms with Crippen LogP contribution in [0.2, 0.25) is 0 Å². The number of benzene rings is 1. The minimum absolute atomic E-state index is 0.309. The van der Waals surface area contributed by atoms with E-state index in [-0.39, 0.29) is 6.04 Å². The van der Waals surface area contributed by atoms with E-state index in [0.717, 1.165) is 44.4 Å². The van der Waals surface area contributed by atoms with Crippen LogP contribution in [-0.2, 0) is 10.9 Å². The summed E-state index contributed by atoms with van der Waals surface area (Å²) in [6, 6.07) is 4.95. The van der Waals surface area contributed by atoms with Crippen molar-refractivity contribution in [1.29, 1.82) is 0 Å². The molecule has 2 nitrogen and oxygen atoms in total. The van der Waals surface area contributed by atoms with Crippen LogP contribution in [0.25, 0.3) is 0 Å². The van der Waals surface area contributed by atoms with Crippen molar-refractivity contribution in [3.8, 4) is 0 Å². The van der Waals surface area contributed by atoms with Crippen LogP contribution < -0.4 is 5.73 Å². The molecule has 0 aliphatic carbocycles. The van der Waals surface area contributed by atoms with E-state index in [9.17, 15) is 13.2 Å². The molecule has 20 heavy (non-hydrogen) atoms. The second-order valence-electron chi connectivity index (χ2n) is 5.30. The molecule has 112 valence electrons. The lowest BCUT2D eigenvalue weighted by Crippen LogP contribution is -2.13. The first kappa shape index (κ1) is 15.3. The van der Waals surface area contributed by atoms with Crippen LogP contribution in [0.3, 0.4) is 0 Å². The van der Waals surface area contributed by atoms with Crippen molar-refractivity contribution in [3.05, 3.63) is 35.4 Å². The third-order valence-corrected chi connectivity index (χ3v) is 3.71. The van der Waals surface area contributed by atoms with Crippen LogP contribution >= 0.6 is 0 Å². The van der Waals surface area contributed by atoms with Crippen LogP contribution in [0.15, 0.2) is 24.3 Å². The number of nitrogens with two attached hydrogens (primary N) is 1. The van der Waals surface area contributed by atoms with Crippen molar-refractivity contribution in [2.45, 2.75) is 50.4 Å². The number of ether oxygens (including phenoxy) is 1. The van der Waals surface area contributed by atoms with Gasteiger partial charge < -0.3 is 10.5 Å². The zero-order valence-electron chi connectivity index (χ0n) is 11.3. The van der Waals surface area contributed by atoms with Gasteiger partial charge in [-0.2, -0.15) is 13.2 Å². The molecule has 1 heterocycles. The third-order valence-electron chi connectivity index (χ3n) is 3.71. The zero-order chi connectivity index (χ0) is 14.6.